The molecule has 94 valence electrons. The number of likely N-dealkylation sites (tertiary alicyclic amines) is 2. The zero-order valence-corrected chi connectivity index (χ0v) is 11.3. The molecule has 16 heavy (non-hydrogen) atoms. The molecule has 1 unspecified atom stereocenters. The fourth-order valence-electron chi connectivity index (χ4n) is 3.56. The van der Waals surface area contributed by atoms with Crippen LogP contribution < -0.4 is 0 Å². The van der Waals surface area contributed by atoms with Gasteiger partial charge in [-0.25, -0.2) is 0 Å². The lowest BCUT2D eigenvalue weighted by atomic mass is 9.85. The van der Waals surface area contributed by atoms with Gasteiger partial charge in [-0.2, -0.15) is 0 Å². The van der Waals surface area contributed by atoms with Crippen LogP contribution in [0.1, 0.15) is 52.9 Å². The third-order valence-corrected chi connectivity index (χ3v) is 4.58. The van der Waals surface area contributed by atoms with Crippen molar-refractivity contribution in [2.24, 2.45) is 0 Å². The lowest BCUT2D eigenvalue weighted by Crippen LogP contribution is -2.54. The summed E-state index contributed by atoms with van der Waals surface area (Å²) in [6, 6.07) is 0.727. The van der Waals surface area contributed by atoms with E-state index in [1.807, 2.05) is 0 Å². The van der Waals surface area contributed by atoms with Crippen molar-refractivity contribution in [2.75, 3.05) is 26.2 Å². The molecule has 1 spiro atoms. The SMILES string of the molecule is CCCN1CCCCC12CCN(C(C)C)C2. The highest BCUT2D eigenvalue weighted by molar-refractivity contribution is 5.01. The monoisotopic (exact) mass is 224 g/mol. The molecule has 0 N–H and O–H groups in total. The molecule has 0 amide bonds. The van der Waals surface area contributed by atoms with Gasteiger partial charge >= 0.3 is 0 Å². The van der Waals surface area contributed by atoms with Crippen molar-refractivity contribution in [3.05, 3.63) is 0 Å². The molecule has 0 bridgehead atoms. The van der Waals surface area contributed by atoms with Crippen LogP contribution in [0.4, 0.5) is 0 Å². The molecule has 2 heterocycles. The summed E-state index contributed by atoms with van der Waals surface area (Å²) in [5.41, 5.74) is 0.554. The summed E-state index contributed by atoms with van der Waals surface area (Å²) in [7, 11) is 0. The number of hydrogen-bond acceptors (Lipinski definition) is 2. The van der Waals surface area contributed by atoms with E-state index in [0.717, 1.165) is 6.04 Å². The summed E-state index contributed by atoms with van der Waals surface area (Å²) < 4.78 is 0. The van der Waals surface area contributed by atoms with Gasteiger partial charge in [0.15, 0.2) is 0 Å². The first-order chi connectivity index (χ1) is 7.68. The number of piperidine rings is 1. The van der Waals surface area contributed by atoms with E-state index >= 15 is 0 Å². The molecular formula is C14H28N2. The van der Waals surface area contributed by atoms with Crippen LogP contribution >= 0.6 is 0 Å². The van der Waals surface area contributed by atoms with Crippen LogP contribution in [0.2, 0.25) is 0 Å². The summed E-state index contributed by atoms with van der Waals surface area (Å²) in [6.07, 6.45) is 7.03. The minimum atomic E-state index is 0.554. The maximum Gasteiger partial charge on any atom is 0.0348 e. The van der Waals surface area contributed by atoms with Gasteiger partial charge in [-0.3, -0.25) is 9.80 Å². The van der Waals surface area contributed by atoms with Gasteiger partial charge in [0.2, 0.25) is 0 Å². The number of nitrogens with zero attached hydrogens (tertiary/aromatic N) is 2. The molecule has 0 radical (unpaired) electrons. The molecule has 2 saturated heterocycles. The van der Waals surface area contributed by atoms with Crippen LogP contribution in [0, 0.1) is 0 Å². The van der Waals surface area contributed by atoms with E-state index in [9.17, 15) is 0 Å². The van der Waals surface area contributed by atoms with E-state index in [1.165, 1.54) is 58.3 Å². The molecule has 2 fully saturated rings. The first-order valence-corrected chi connectivity index (χ1v) is 7.17. The Labute approximate surface area is 101 Å². The van der Waals surface area contributed by atoms with Crippen LogP contribution in [0.15, 0.2) is 0 Å². The zero-order chi connectivity index (χ0) is 11.6. The van der Waals surface area contributed by atoms with E-state index in [4.69, 9.17) is 0 Å². The van der Waals surface area contributed by atoms with Crippen molar-refractivity contribution < 1.29 is 0 Å². The maximum atomic E-state index is 2.80. The van der Waals surface area contributed by atoms with Gasteiger partial charge in [-0.05, 0) is 52.6 Å². The van der Waals surface area contributed by atoms with Crippen molar-refractivity contribution in [2.45, 2.75) is 64.5 Å². The Bertz CT molecular complexity index is 225. The lowest BCUT2D eigenvalue weighted by molar-refractivity contribution is 0.0497. The Morgan fingerprint density at radius 2 is 1.94 bits per heavy atom. The second-order valence-electron chi connectivity index (χ2n) is 5.98. The average molecular weight is 224 g/mol. The molecule has 1 atom stereocenters. The summed E-state index contributed by atoms with van der Waals surface area (Å²) >= 11 is 0. The summed E-state index contributed by atoms with van der Waals surface area (Å²) in [6.45, 7) is 12.3. The van der Waals surface area contributed by atoms with Gasteiger partial charge in [-0.15, -0.1) is 0 Å². The second-order valence-corrected chi connectivity index (χ2v) is 5.98. The highest BCUT2D eigenvalue weighted by Crippen LogP contribution is 2.37. The molecule has 2 nitrogen and oxygen atoms in total. The van der Waals surface area contributed by atoms with Gasteiger partial charge in [0.1, 0.15) is 0 Å². The second kappa shape index (κ2) is 5.05. The third-order valence-electron chi connectivity index (χ3n) is 4.58. The van der Waals surface area contributed by atoms with E-state index in [-0.39, 0.29) is 0 Å². The van der Waals surface area contributed by atoms with Gasteiger partial charge < -0.3 is 0 Å². The number of rotatable bonds is 3. The normalized spacial score (nSPS) is 33.0. The Hall–Kier alpha value is -0.0800. The van der Waals surface area contributed by atoms with E-state index < -0.39 is 0 Å². The van der Waals surface area contributed by atoms with Crippen molar-refractivity contribution in [3.8, 4) is 0 Å². The minimum absolute atomic E-state index is 0.554. The predicted octanol–water partition coefficient (Wildman–Crippen LogP) is 2.74. The van der Waals surface area contributed by atoms with Crippen molar-refractivity contribution in [1.29, 1.82) is 0 Å². The molecule has 0 aliphatic carbocycles. The van der Waals surface area contributed by atoms with Crippen molar-refractivity contribution in [3.63, 3.8) is 0 Å². The highest BCUT2D eigenvalue weighted by Gasteiger charge is 2.43. The Morgan fingerprint density at radius 3 is 2.56 bits per heavy atom. The molecule has 2 aliphatic heterocycles. The smallest absolute Gasteiger partial charge is 0.0348 e. The first kappa shape index (κ1) is 12.4. The Kier molecular flexibility index (Phi) is 3.91. The van der Waals surface area contributed by atoms with Crippen LogP contribution in [-0.4, -0.2) is 47.6 Å². The van der Waals surface area contributed by atoms with Crippen molar-refractivity contribution in [1.82, 2.24) is 9.80 Å². The van der Waals surface area contributed by atoms with Gasteiger partial charge in [-0.1, -0.05) is 13.3 Å². The zero-order valence-electron chi connectivity index (χ0n) is 11.3. The fourth-order valence-corrected chi connectivity index (χ4v) is 3.56. The molecular weight excluding hydrogens is 196 g/mol. The van der Waals surface area contributed by atoms with Crippen molar-refractivity contribution >= 4 is 0 Å². The Morgan fingerprint density at radius 1 is 1.12 bits per heavy atom. The van der Waals surface area contributed by atoms with Gasteiger partial charge in [0.05, 0.1) is 0 Å². The molecule has 2 aliphatic rings. The van der Waals surface area contributed by atoms with E-state index in [0.29, 0.717) is 5.54 Å². The molecule has 0 aromatic rings. The van der Waals surface area contributed by atoms with Gasteiger partial charge in [0.25, 0.3) is 0 Å². The molecule has 0 aromatic heterocycles. The first-order valence-electron chi connectivity index (χ1n) is 7.17. The average Bonchev–Trinajstić information content (AvgIpc) is 2.68. The molecule has 0 saturated carbocycles. The Balaban J connectivity index is 2.04. The summed E-state index contributed by atoms with van der Waals surface area (Å²) in [5, 5.41) is 0. The molecule has 2 rings (SSSR count). The van der Waals surface area contributed by atoms with Crippen LogP contribution in [-0.2, 0) is 0 Å². The predicted molar refractivity (Wildman–Crippen MR) is 69.8 cm³/mol. The molecule has 2 heteroatoms. The largest absolute Gasteiger partial charge is 0.299 e. The van der Waals surface area contributed by atoms with Crippen LogP contribution in [0.3, 0.4) is 0 Å². The quantitative estimate of drug-likeness (QED) is 0.727. The standard InChI is InChI=1S/C14H28N2/c1-4-9-16-10-6-5-7-14(16)8-11-15(12-14)13(2)3/h13H,4-12H2,1-3H3. The number of hydrogen-bond donors (Lipinski definition) is 0. The summed E-state index contributed by atoms with van der Waals surface area (Å²) in [4.78, 5) is 5.48. The highest BCUT2D eigenvalue weighted by atomic mass is 15.3. The third kappa shape index (κ3) is 2.28. The summed E-state index contributed by atoms with van der Waals surface area (Å²) in [5.74, 6) is 0. The van der Waals surface area contributed by atoms with Crippen LogP contribution in [0.5, 0.6) is 0 Å². The van der Waals surface area contributed by atoms with E-state index in [1.54, 1.807) is 0 Å². The maximum absolute atomic E-state index is 2.80. The fraction of sp³-hybridized carbons (Fsp3) is 1.00. The minimum Gasteiger partial charge on any atom is -0.299 e. The molecule has 0 aromatic carbocycles. The lowest BCUT2D eigenvalue weighted by Gasteiger charge is -2.45. The van der Waals surface area contributed by atoms with Gasteiger partial charge in [0, 0.05) is 24.7 Å². The topological polar surface area (TPSA) is 6.48 Å². The van der Waals surface area contributed by atoms with E-state index in [2.05, 4.69) is 30.6 Å². The van der Waals surface area contributed by atoms with Crippen LogP contribution in [0.25, 0.3) is 0 Å².